The quantitative estimate of drug-likeness (QED) is 0.580. The summed E-state index contributed by atoms with van der Waals surface area (Å²) in [5.41, 5.74) is 1.56. The van der Waals surface area contributed by atoms with Crippen LogP contribution in [0.4, 0.5) is 6.01 Å². The molecule has 0 saturated heterocycles. The van der Waals surface area contributed by atoms with Gasteiger partial charge in [-0.25, -0.2) is 0 Å². The van der Waals surface area contributed by atoms with Crippen molar-refractivity contribution in [1.82, 2.24) is 10.2 Å². The number of nitrogens with one attached hydrogen (secondary N) is 1. The zero-order valence-electron chi connectivity index (χ0n) is 15.3. The highest BCUT2D eigenvalue weighted by Crippen LogP contribution is 2.19. The first-order chi connectivity index (χ1) is 13.2. The molecular weight excluding hydrogens is 362 g/mol. The molecule has 140 valence electrons. The summed E-state index contributed by atoms with van der Waals surface area (Å²) in [5.74, 6) is 1.90. The molecule has 0 bridgehead atoms. The van der Waals surface area contributed by atoms with Crippen molar-refractivity contribution in [3.8, 4) is 5.75 Å². The van der Waals surface area contributed by atoms with E-state index >= 15 is 0 Å². The lowest BCUT2D eigenvalue weighted by atomic mass is 10.1. The summed E-state index contributed by atoms with van der Waals surface area (Å²) in [6.45, 7) is 4.61. The van der Waals surface area contributed by atoms with Crippen LogP contribution in [0.1, 0.15) is 35.7 Å². The van der Waals surface area contributed by atoms with Crippen LogP contribution in [0.25, 0.3) is 0 Å². The van der Waals surface area contributed by atoms with Gasteiger partial charge < -0.3 is 9.15 Å². The number of anilines is 1. The Morgan fingerprint density at radius 3 is 2.48 bits per heavy atom. The van der Waals surface area contributed by atoms with Crippen LogP contribution in [-0.4, -0.2) is 28.5 Å². The van der Waals surface area contributed by atoms with E-state index < -0.39 is 0 Å². The first-order valence-electron chi connectivity index (χ1n) is 8.76. The molecule has 1 heterocycles. The Morgan fingerprint density at radius 2 is 1.81 bits per heavy atom. The highest BCUT2D eigenvalue weighted by Gasteiger charge is 2.12. The Hall–Kier alpha value is -2.80. The number of ether oxygens (including phenoxy) is 1. The molecule has 0 saturated carbocycles. The molecule has 3 rings (SSSR count). The van der Waals surface area contributed by atoms with Crippen molar-refractivity contribution in [1.29, 1.82) is 0 Å². The molecule has 0 spiro atoms. The van der Waals surface area contributed by atoms with Gasteiger partial charge in [-0.2, -0.15) is 0 Å². The minimum absolute atomic E-state index is 0.0852. The Morgan fingerprint density at radius 1 is 1.07 bits per heavy atom. The molecule has 0 radical (unpaired) electrons. The van der Waals surface area contributed by atoms with Gasteiger partial charge in [0, 0.05) is 10.5 Å². The van der Waals surface area contributed by atoms with E-state index in [9.17, 15) is 4.79 Å². The van der Waals surface area contributed by atoms with Crippen molar-refractivity contribution in [3.63, 3.8) is 0 Å². The second-order valence-electron chi connectivity index (χ2n) is 5.67. The summed E-state index contributed by atoms with van der Waals surface area (Å²) in [6, 6.07) is 15.2. The third kappa shape index (κ3) is 5.34. The smallest absolute Gasteiger partial charge is 0.322 e. The maximum absolute atomic E-state index is 12.3. The molecule has 1 amide bonds. The number of rotatable bonds is 8. The van der Waals surface area contributed by atoms with Gasteiger partial charge in [0.2, 0.25) is 5.89 Å². The fourth-order valence-corrected chi connectivity index (χ4v) is 3.12. The summed E-state index contributed by atoms with van der Waals surface area (Å²) < 4.78 is 10.9. The molecule has 27 heavy (non-hydrogen) atoms. The van der Waals surface area contributed by atoms with E-state index in [-0.39, 0.29) is 11.9 Å². The molecule has 3 aromatic rings. The number of thioether (sulfide) groups is 1. The zero-order chi connectivity index (χ0) is 19.1. The number of benzene rings is 2. The van der Waals surface area contributed by atoms with Crippen LogP contribution in [-0.2, 0) is 6.42 Å². The van der Waals surface area contributed by atoms with Crippen LogP contribution in [0, 0.1) is 0 Å². The predicted octanol–water partition coefficient (Wildman–Crippen LogP) is 4.42. The molecule has 1 N–H and O–H groups in total. The number of aromatic nitrogens is 2. The maximum Gasteiger partial charge on any atom is 0.322 e. The van der Waals surface area contributed by atoms with Crippen LogP contribution in [0.5, 0.6) is 5.75 Å². The van der Waals surface area contributed by atoms with Gasteiger partial charge in [0.15, 0.2) is 0 Å². The highest BCUT2D eigenvalue weighted by atomic mass is 32.2. The molecule has 7 heteroatoms. The van der Waals surface area contributed by atoms with Crippen molar-refractivity contribution in [2.75, 3.05) is 17.7 Å². The number of carbonyl (C=O) groups excluding carboxylic acids is 1. The summed E-state index contributed by atoms with van der Waals surface area (Å²) in [5, 5.41) is 10.5. The predicted molar refractivity (Wildman–Crippen MR) is 106 cm³/mol. The van der Waals surface area contributed by atoms with Crippen molar-refractivity contribution >= 4 is 23.7 Å². The van der Waals surface area contributed by atoms with Crippen molar-refractivity contribution < 1.29 is 13.9 Å². The topological polar surface area (TPSA) is 77.2 Å². The van der Waals surface area contributed by atoms with Crippen LogP contribution in [0.2, 0.25) is 0 Å². The normalized spacial score (nSPS) is 10.6. The lowest BCUT2D eigenvalue weighted by Gasteiger charge is -2.04. The van der Waals surface area contributed by atoms with Crippen molar-refractivity contribution in [2.45, 2.75) is 25.2 Å². The molecule has 1 aromatic heterocycles. The molecule has 0 unspecified atom stereocenters. The molecule has 0 aliphatic rings. The van der Waals surface area contributed by atoms with Gasteiger partial charge in [0.1, 0.15) is 5.75 Å². The third-order valence-electron chi connectivity index (χ3n) is 3.70. The Bertz CT molecular complexity index is 876. The summed E-state index contributed by atoms with van der Waals surface area (Å²) in [6.07, 6.45) is 0.517. The fraction of sp³-hybridized carbons (Fsp3) is 0.250. The summed E-state index contributed by atoms with van der Waals surface area (Å²) in [4.78, 5) is 13.5. The van der Waals surface area contributed by atoms with E-state index in [0.717, 1.165) is 17.1 Å². The molecule has 0 fully saturated rings. The summed E-state index contributed by atoms with van der Waals surface area (Å²) in [7, 11) is 0. The van der Waals surface area contributed by atoms with Crippen LogP contribution in [0.3, 0.4) is 0 Å². The molecule has 0 aliphatic carbocycles. The average molecular weight is 383 g/mol. The molecular formula is C20H21N3O3S. The standard InChI is InChI=1S/C20H21N3O3S/c1-3-25-16-9-7-15(8-10-16)19(24)21-20-23-22-18(26-20)13-14-5-11-17(12-6-14)27-4-2/h5-12H,3-4,13H2,1-2H3,(H,21,23,24). The lowest BCUT2D eigenvalue weighted by molar-refractivity contribution is 0.102. The minimum Gasteiger partial charge on any atom is -0.494 e. The van der Waals surface area contributed by atoms with Crippen molar-refractivity contribution in [2.24, 2.45) is 0 Å². The third-order valence-corrected chi connectivity index (χ3v) is 4.60. The minimum atomic E-state index is -0.311. The average Bonchev–Trinajstić information content (AvgIpc) is 3.11. The maximum atomic E-state index is 12.3. The number of carbonyl (C=O) groups is 1. The van der Waals surface area contributed by atoms with E-state index in [4.69, 9.17) is 9.15 Å². The van der Waals surface area contributed by atoms with E-state index in [1.165, 1.54) is 4.90 Å². The van der Waals surface area contributed by atoms with E-state index in [2.05, 4.69) is 34.6 Å². The molecule has 0 aliphatic heterocycles. The fourth-order valence-electron chi connectivity index (χ4n) is 2.46. The second-order valence-corrected chi connectivity index (χ2v) is 7.00. The number of hydrogen-bond acceptors (Lipinski definition) is 6. The monoisotopic (exact) mass is 383 g/mol. The summed E-state index contributed by atoms with van der Waals surface area (Å²) >= 11 is 1.80. The van der Waals surface area contributed by atoms with Gasteiger partial charge >= 0.3 is 6.01 Å². The van der Waals surface area contributed by atoms with Crippen LogP contribution < -0.4 is 10.1 Å². The van der Waals surface area contributed by atoms with Gasteiger partial charge in [-0.3, -0.25) is 10.1 Å². The van der Waals surface area contributed by atoms with Gasteiger partial charge in [0.05, 0.1) is 13.0 Å². The van der Waals surface area contributed by atoms with Gasteiger partial charge in [-0.1, -0.05) is 24.2 Å². The number of nitrogens with zero attached hydrogens (tertiary/aromatic N) is 2. The molecule has 0 atom stereocenters. The SMILES string of the molecule is CCOc1ccc(C(=O)Nc2nnc(Cc3ccc(SCC)cc3)o2)cc1. The zero-order valence-corrected chi connectivity index (χ0v) is 16.1. The number of amides is 1. The second kappa shape index (κ2) is 9.23. The largest absolute Gasteiger partial charge is 0.494 e. The molecule has 6 nitrogen and oxygen atoms in total. The Labute approximate surface area is 162 Å². The molecule has 2 aromatic carbocycles. The van der Waals surface area contributed by atoms with Gasteiger partial charge in [0.25, 0.3) is 5.91 Å². The Balaban J connectivity index is 1.59. The van der Waals surface area contributed by atoms with Crippen LogP contribution >= 0.6 is 11.8 Å². The van der Waals surface area contributed by atoms with Gasteiger partial charge in [-0.15, -0.1) is 16.9 Å². The van der Waals surface area contributed by atoms with Gasteiger partial charge in [-0.05, 0) is 54.6 Å². The van der Waals surface area contributed by atoms with E-state index in [0.29, 0.717) is 24.5 Å². The first kappa shape index (κ1) is 19.0. The van der Waals surface area contributed by atoms with E-state index in [1.807, 2.05) is 19.1 Å². The lowest BCUT2D eigenvalue weighted by Crippen LogP contribution is -2.12. The van der Waals surface area contributed by atoms with E-state index in [1.54, 1.807) is 36.0 Å². The Kier molecular flexibility index (Phi) is 6.49. The van der Waals surface area contributed by atoms with Crippen molar-refractivity contribution in [3.05, 3.63) is 65.5 Å². The number of hydrogen-bond donors (Lipinski definition) is 1. The van der Waals surface area contributed by atoms with Crippen LogP contribution in [0.15, 0.2) is 57.8 Å². The first-order valence-corrected chi connectivity index (χ1v) is 9.74. The highest BCUT2D eigenvalue weighted by molar-refractivity contribution is 7.99.